The van der Waals surface area contributed by atoms with E-state index in [1.807, 2.05) is 0 Å². The van der Waals surface area contributed by atoms with Gasteiger partial charge in [0.1, 0.15) is 0 Å². The fourth-order valence-corrected chi connectivity index (χ4v) is 9.85. The maximum absolute atomic E-state index is 2.32. The van der Waals surface area contributed by atoms with Gasteiger partial charge in [-0.3, -0.25) is 0 Å². The van der Waals surface area contributed by atoms with Crippen molar-refractivity contribution in [3.05, 3.63) is 35.9 Å². The Morgan fingerprint density at radius 2 is 1.44 bits per heavy atom. The second kappa shape index (κ2) is 9.11. The van der Waals surface area contributed by atoms with Crippen LogP contribution in [0.4, 0.5) is 0 Å². The van der Waals surface area contributed by atoms with Gasteiger partial charge in [-0.1, -0.05) is 0 Å². The van der Waals surface area contributed by atoms with Crippen molar-refractivity contribution in [1.29, 1.82) is 0 Å². The van der Waals surface area contributed by atoms with Gasteiger partial charge in [0.2, 0.25) is 0 Å². The van der Waals surface area contributed by atoms with Crippen LogP contribution in [0.5, 0.6) is 0 Å². The Kier molecular flexibility index (Phi) is 8.03. The summed E-state index contributed by atoms with van der Waals surface area (Å²) < 4.78 is 4.64. The molecule has 1 rings (SSSR count). The second-order valence-electron chi connectivity index (χ2n) is 4.47. The molecular weight excluding hydrogens is 302 g/mol. The number of hydrogen-bond acceptors (Lipinski definition) is 0. The van der Waals surface area contributed by atoms with Crippen LogP contribution in [0.15, 0.2) is 30.3 Å². The van der Waals surface area contributed by atoms with Gasteiger partial charge in [0, 0.05) is 0 Å². The van der Waals surface area contributed by atoms with Gasteiger partial charge in [0.25, 0.3) is 0 Å². The van der Waals surface area contributed by atoms with E-state index in [9.17, 15) is 0 Å². The minimum absolute atomic E-state index is 0.944. The standard InChI is InChI=1S/C7H7.2C4H9.Sb/c1-7-5-3-2-4-6-7;2*1-3-4-2;/h2-6H,1H2;2*1,3-4H2,2H3;. The van der Waals surface area contributed by atoms with Gasteiger partial charge in [0.15, 0.2) is 0 Å². The number of rotatable bonds is 8. The molecule has 0 atom stereocenters. The van der Waals surface area contributed by atoms with E-state index < -0.39 is 20.2 Å². The first-order chi connectivity index (χ1) is 7.86. The molecule has 0 nitrogen and oxygen atoms in total. The number of unbranched alkanes of at least 4 members (excludes halogenated alkanes) is 2. The molecule has 0 saturated carbocycles. The van der Waals surface area contributed by atoms with E-state index in [0.29, 0.717) is 0 Å². The summed E-state index contributed by atoms with van der Waals surface area (Å²) in [5.74, 6) is 0. The van der Waals surface area contributed by atoms with E-state index in [1.165, 1.54) is 30.1 Å². The van der Waals surface area contributed by atoms with Gasteiger partial charge >= 0.3 is 109 Å². The Bertz CT molecular complexity index is 247. The first kappa shape index (κ1) is 14.1. The van der Waals surface area contributed by atoms with Crippen LogP contribution in [0.25, 0.3) is 0 Å². The van der Waals surface area contributed by atoms with E-state index in [4.69, 9.17) is 0 Å². The first-order valence-electron chi connectivity index (χ1n) is 6.63. The average molecular weight is 327 g/mol. The summed E-state index contributed by atoms with van der Waals surface area (Å²) in [4.78, 5) is 0. The fourth-order valence-electron chi connectivity index (χ4n) is 1.87. The molecule has 0 bridgehead atoms. The van der Waals surface area contributed by atoms with Gasteiger partial charge < -0.3 is 0 Å². The van der Waals surface area contributed by atoms with Crippen molar-refractivity contribution >= 4 is 20.2 Å². The van der Waals surface area contributed by atoms with Gasteiger partial charge in [-0.25, -0.2) is 0 Å². The molecule has 0 aliphatic heterocycles. The molecule has 16 heavy (non-hydrogen) atoms. The molecule has 0 spiro atoms. The monoisotopic (exact) mass is 326 g/mol. The van der Waals surface area contributed by atoms with E-state index >= 15 is 0 Å². The van der Waals surface area contributed by atoms with Crippen molar-refractivity contribution in [2.45, 2.75) is 52.6 Å². The van der Waals surface area contributed by atoms with E-state index in [0.717, 1.165) is 0 Å². The molecule has 0 aromatic heterocycles. The maximum atomic E-state index is 2.32. The van der Waals surface area contributed by atoms with Crippen molar-refractivity contribution in [1.82, 2.24) is 0 Å². The van der Waals surface area contributed by atoms with Crippen LogP contribution in [0, 0.1) is 0 Å². The SMILES string of the molecule is CCC[CH2][Sb]([CH2]CCC)[CH2]c1ccccc1. The Morgan fingerprint density at radius 1 is 0.875 bits per heavy atom. The zero-order chi connectivity index (χ0) is 11.6. The third-order valence-electron chi connectivity index (χ3n) is 2.90. The molecule has 0 saturated heterocycles. The van der Waals surface area contributed by atoms with Gasteiger partial charge in [0.05, 0.1) is 0 Å². The van der Waals surface area contributed by atoms with E-state index in [2.05, 4.69) is 44.2 Å². The Hall–Kier alpha value is 0.0382. The number of hydrogen-bond donors (Lipinski definition) is 0. The van der Waals surface area contributed by atoms with Crippen molar-refractivity contribution in [2.24, 2.45) is 0 Å². The summed E-state index contributed by atoms with van der Waals surface area (Å²) in [5, 5.41) is 0. The van der Waals surface area contributed by atoms with Crippen molar-refractivity contribution < 1.29 is 0 Å². The third-order valence-corrected chi connectivity index (χ3v) is 10.6. The molecule has 0 unspecified atom stereocenters. The summed E-state index contributed by atoms with van der Waals surface area (Å²) in [6.45, 7) is 4.64. The Morgan fingerprint density at radius 3 is 1.94 bits per heavy atom. The molecule has 1 aromatic carbocycles. The van der Waals surface area contributed by atoms with Crippen molar-refractivity contribution in [3.63, 3.8) is 0 Å². The molecule has 1 heteroatoms. The molecule has 0 fully saturated rings. The summed E-state index contributed by atoms with van der Waals surface area (Å²) in [6, 6.07) is 11.1. The molecule has 0 radical (unpaired) electrons. The molecule has 1 aromatic rings. The predicted octanol–water partition coefficient (Wildman–Crippen LogP) is 4.86. The molecule has 0 N–H and O–H groups in total. The summed E-state index contributed by atoms with van der Waals surface area (Å²) >= 11 is -0.944. The predicted molar refractivity (Wildman–Crippen MR) is 75.3 cm³/mol. The second-order valence-corrected chi connectivity index (χ2v) is 11.8. The van der Waals surface area contributed by atoms with Crippen LogP contribution in [0.2, 0.25) is 8.73 Å². The summed E-state index contributed by atoms with van der Waals surface area (Å²) in [7, 11) is 0. The number of benzene rings is 1. The Labute approximate surface area is 108 Å². The summed E-state index contributed by atoms with van der Waals surface area (Å²) in [5.41, 5.74) is 1.60. The van der Waals surface area contributed by atoms with Crippen molar-refractivity contribution in [3.8, 4) is 0 Å². The molecule has 0 amide bonds. The van der Waals surface area contributed by atoms with Crippen LogP contribution in [-0.2, 0) is 4.37 Å². The van der Waals surface area contributed by atoms with Crippen LogP contribution in [0.3, 0.4) is 0 Å². The first-order valence-corrected chi connectivity index (χ1v) is 12.0. The topological polar surface area (TPSA) is 0 Å². The minimum atomic E-state index is -0.944. The average Bonchev–Trinajstić information content (AvgIpc) is 2.34. The van der Waals surface area contributed by atoms with Crippen LogP contribution in [-0.4, -0.2) is 20.2 Å². The van der Waals surface area contributed by atoms with Gasteiger partial charge in [-0.2, -0.15) is 0 Å². The fraction of sp³-hybridized carbons (Fsp3) is 0.600. The quantitative estimate of drug-likeness (QED) is 0.598. The van der Waals surface area contributed by atoms with Crippen LogP contribution < -0.4 is 0 Å². The van der Waals surface area contributed by atoms with Crippen molar-refractivity contribution in [2.75, 3.05) is 0 Å². The van der Waals surface area contributed by atoms with Crippen LogP contribution >= 0.6 is 0 Å². The van der Waals surface area contributed by atoms with Crippen LogP contribution in [0.1, 0.15) is 45.1 Å². The van der Waals surface area contributed by atoms with Gasteiger partial charge in [-0.15, -0.1) is 0 Å². The molecular formula is C15H25Sb. The summed E-state index contributed by atoms with van der Waals surface area (Å²) in [6.07, 6.45) is 5.70. The zero-order valence-electron chi connectivity index (χ0n) is 10.8. The third kappa shape index (κ3) is 5.94. The molecule has 90 valence electrons. The van der Waals surface area contributed by atoms with Gasteiger partial charge in [-0.05, 0) is 0 Å². The molecule has 0 aliphatic carbocycles. The molecule has 0 aliphatic rings. The normalized spacial score (nSPS) is 10.9. The van der Waals surface area contributed by atoms with E-state index in [1.54, 1.807) is 14.3 Å². The zero-order valence-corrected chi connectivity index (χ0v) is 13.3. The molecule has 0 heterocycles. The Balaban J connectivity index is 2.42. The van der Waals surface area contributed by atoms with E-state index in [-0.39, 0.29) is 0 Å².